The zero-order valence-electron chi connectivity index (χ0n) is 10.1. The monoisotopic (exact) mass is 227 g/mol. The number of hydrogen-bond acceptors (Lipinski definition) is 2. The number of aromatic nitrogens is 2. The zero-order chi connectivity index (χ0) is 11.8. The number of aryl methyl sites for hydroxylation is 1. The van der Waals surface area contributed by atoms with E-state index in [1.54, 1.807) is 0 Å². The molecule has 1 aliphatic rings. The third-order valence-electron chi connectivity index (χ3n) is 3.49. The molecule has 0 radical (unpaired) electrons. The van der Waals surface area contributed by atoms with Crippen LogP contribution in [0.4, 0.5) is 5.82 Å². The summed E-state index contributed by atoms with van der Waals surface area (Å²) in [4.78, 5) is 4.69. The molecule has 0 saturated carbocycles. The molecule has 1 aromatic heterocycles. The SMILES string of the molecule is CC1CCc2nc(-c3ccccc3)c(N)n2C1. The van der Waals surface area contributed by atoms with E-state index in [4.69, 9.17) is 10.7 Å². The molecule has 1 atom stereocenters. The zero-order valence-corrected chi connectivity index (χ0v) is 10.1. The van der Waals surface area contributed by atoms with Gasteiger partial charge in [0, 0.05) is 18.5 Å². The second-order valence-electron chi connectivity index (χ2n) is 4.88. The van der Waals surface area contributed by atoms with Crippen molar-refractivity contribution in [1.29, 1.82) is 0 Å². The van der Waals surface area contributed by atoms with Crippen LogP contribution in [0.2, 0.25) is 0 Å². The maximum Gasteiger partial charge on any atom is 0.131 e. The minimum atomic E-state index is 0.697. The van der Waals surface area contributed by atoms with Crippen LogP contribution in [0.3, 0.4) is 0 Å². The lowest BCUT2D eigenvalue weighted by molar-refractivity contribution is 0.397. The van der Waals surface area contributed by atoms with Crippen LogP contribution in [0.5, 0.6) is 0 Å². The van der Waals surface area contributed by atoms with Gasteiger partial charge in [0.2, 0.25) is 0 Å². The van der Waals surface area contributed by atoms with E-state index < -0.39 is 0 Å². The fourth-order valence-electron chi connectivity index (χ4n) is 2.50. The molecule has 0 spiro atoms. The molecule has 1 aromatic carbocycles. The first-order chi connectivity index (χ1) is 8.25. The van der Waals surface area contributed by atoms with Gasteiger partial charge in [-0.15, -0.1) is 0 Å². The maximum atomic E-state index is 6.22. The van der Waals surface area contributed by atoms with E-state index in [2.05, 4.69) is 23.6 Å². The maximum absolute atomic E-state index is 6.22. The van der Waals surface area contributed by atoms with Gasteiger partial charge in [0.05, 0.1) is 0 Å². The molecule has 2 aromatic rings. The van der Waals surface area contributed by atoms with Crippen molar-refractivity contribution in [2.45, 2.75) is 26.3 Å². The van der Waals surface area contributed by atoms with Crippen LogP contribution in [-0.4, -0.2) is 9.55 Å². The summed E-state index contributed by atoms with van der Waals surface area (Å²) in [7, 11) is 0. The molecule has 1 unspecified atom stereocenters. The first kappa shape index (κ1) is 10.4. The van der Waals surface area contributed by atoms with Gasteiger partial charge in [-0.05, 0) is 12.3 Å². The Labute approximate surface area is 101 Å². The number of nitrogens with two attached hydrogens (primary N) is 1. The van der Waals surface area contributed by atoms with Gasteiger partial charge in [-0.3, -0.25) is 0 Å². The topological polar surface area (TPSA) is 43.8 Å². The molecule has 3 rings (SSSR count). The molecule has 0 amide bonds. The highest BCUT2D eigenvalue weighted by Gasteiger charge is 2.21. The van der Waals surface area contributed by atoms with Crippen molar-refractivity contribution in [1.82, 2.24) is 9.55 Å². The number of rotatable bonds is 1. The minimum absolute atomic E-state index is 0.697. The summed E-state index contributed by atoms with van der Waals surface area (Å²) in [6.07, 6.45) is 2.25. The summed E-state index contributed by atoms with van der Waals surface area (Å²) in [5.74, 6) is 2.65. The summed E-state index contributed by atoms with van der Waals surface area (Å²) in [6, 6.07) is 10.2. The molecule has 0 bridgehead atoms. The van der Waals surface area contributed by atoms with Crippen molar-refractivity contribution in [3.8, 4) is 11.3 Å². The largest absolute Gasteiger partial charge is 0.383 e. The fraction of sp³-hybridized carbons (Fsp3) is 0.357. The molecule has 0 fully saturated rings. The molecule has 3 heteroatoms. The van der Waals surface area contributed by atoms with E-state index in [-0.39, 0.29) is 0 Å². The van der Waals surface area contributed by atoms with Gasteiger partial charge in [0.25, 0.3) is 0 Å². The Kier molecular flexibility index (Phi) is 2.39. The Balaban J connectivity index is 2.08. The van der Waals surface area contributed by atoms with E-state index in [9.17, 15) is 0 Å². The number of nitrogen functional groups attached to an aromatic ring is 1. The smallest absolute Gasteiger partial charge is 0.131 e. The molecule has 0 saturated heterocycles. The Morgan fingerprint density at radius 3 is 2.82 bits per heavy atom. The number of benzene rings is 1. The van der Waals surface area contributed by atoms with E-state index in [1.807, 2.05) is 18.2 Å². The molecular formula is C14H17N3. The second-order valence-corrected chi connectivity index (χ2v) is 4.88. The Morgan fingerprint density at radius 1 is 1.29 bits per heavy atom. The highest BCUT2D eigenvalue weighted by molar-refractivity contribution is 5.71. The second kappa shape index (κ2) is 3.91. The lowest BCUT2D eigenvalue weighted by Gasteiger charge is -2.20. The molecule has 3 nitrogen and oxygen atoms in total. The number of imidazole rings is 1. The molecule has 17 heavy (non-hydrogen) atoms. The van der Waals surface area contributed by atoms with Crippen LogP contribution in [-0.2, 0) is 13.0 Å². The number of anilines is 1. The van der Waals surface area contributed by atoms with Crippen LogP contribution >= 0.6 is 0 Å². The molecular weight excluding hydrogens is 210 g/mol. The van der Waals surface area contributed by atoms with Gasteiger partial charge >= 0.3 is 0 Å². The first-order valence-electron chi connectivity index (χ1n) is 6.16. The molecule has 88 valence electrons. The summed E-state index contributed by atoms with van der Waals surface area (Å²) in [5, 5.41) is 0. The van der Waals surface area contributed by atoms with Crippen molar-refractivity contribution in [2.75, 3.05) is 5.73 Å². The lowest BCUT2D eigenvalue weighted by Crippen LogP contribution is -2.19. The molecule has 2 N–H and O–H groups in total. The normalized spacial score (nSPS) is 19.0. The summed E-state index contributed by atoms with van der Waals surface area (Å²) in [5.41, 5.74) is 8.27. The predicted octanol–water partition coefficient (Wildman–Crippen LogP) is 2.71. The lowest BCUT2D eigenvalue weighted by atomic mass is 10.0. The van der Waals surface area contributed by atoms with Crippen molar-refractivity contribution < 1.29 is 0 Å². The summed E-state index contributed by atoms with van der Waals surface area (Å²) in [6.45, 7) is 3.27. The molecule has 1 aliphatic heterocycles. The molecule has 2 heterocycles. The van der Waals surface area contributed by atoms with Crippen LogP contribution < -0.4 is 5.73 Å². The standard InChI is InChI=1S/C14H17N3/c1-10-7-8-12-16-13(14(15)17(12)9-10)11-5-3-2-4-6-11/h2-6,10H,7-9,15H2,1H3. The van der Waals surface area contributed by atoms with Gasteiger partial charge in [0.15, 0.2) is 0 Å². The summed E-state index contributed by atoms with van der Waals surface area (Å²) < 4.78 is 2.18. The average Bonchev–Trinajstić information content (AvgIpc) is 2.68. The van der Waals surface area contributed by atoms with E-state index in [0.29, 0.717) is 5.92 Å². The van der Waals surface area contributed by atoms with Gasteiger partial charge < -0.3 is 10.3 Å². The minimum Gasteiger partial charge on any atom is -0.383 e. The third-order valence-corrected chi connectivity index (χ3v) is 3.49. The van der Waals surface area contributed by atoms with Gasteiger partial charge in [-0.2, -0.15) is 0 Å². The fourth-order valence-corrected chi connectivity index (χ4v) is 2.50. The third kappa shape index (κ3) is 1.71. The first-order valence-corrected chi connectivity index (χ1v) is 6.16. The van der Waals surface area contributed by atoms with Crippen LogP contribution in [0, 0.1) is 5.92 Å². The van der Waals surface area contributed by atoms with Gasteiger partial charge in [-0.1, -0.05) is 37.3 Å². The highest BCUT2D eigenvalue weighted by atomic mass is 15.1. The van der Waals surface area contributed by atoms with Crippen molar-refractivity contribution >= 4 is 5.82 Å². The van der Waals surface area contributed by atoms with E-state index >= 15 is 0 Å². The van der Waals surface area contributed by atoms with E-state index in [1.165, 1.54) is 6.42 Å². The Morgan fingerprint density at radius 2 is 2.06 bits per heavy atom. The number of hydrogen-bond donors (Lipinski definition) is 1. The Hall–Kier alpha value is -1.77. The quantitative estimate of drug-likeness (QED) is 0.814. The van der Waals surface area contributed by atoms with Crippen molar-refractivity contribution in [2.24, 2.45) is 5.92 Å². The predicted molar refractivity (Wildman–Crippen MR) is 69.6 cm³/mol. The van der Waals surface area contributed by atoms with Crippen molar-refractivity contribution in [3.05, 3.63) is 36.2 Å². The number of nitrogens with zero attached hydrogens (tertiary/aromatic N) is 2. The number of fused-ring (bicyclic) bond motifs is 1. The highest BCUT2D eigenvalue weighted by Crippen LogP contribution is 2.30. The van der Waals surface area contributed by atoms with E-state index in [0.717, 1.165) is 35.9 Å². The van der Waals surface area contributed by atoms with Gasteiger partial charge in [0.1, 0.15) is 17.3 Å². The van der Waals surface area contributed by atoms with Crippen LogP contribution in [0.25, 0.3) is 11.3 Å². The van der Waals surface area contributed by atoms with Crippen LogP contribution in [0.15, 0.2) is 30.3 Å². The summed E-state index contributed by atoms with van der Waals surface area (Å²) >= 11 is 0. The Bertz CT molecular complexity index is 528. The van der Waals surface area contributed by atoms with Crippen LogP contribution in [0.1, 0.15) is 19.2 Å². The van der Waals surface area contributed by atoms with Crippen molar-refractivity contribution in [3.63, 3.8) is 0 Å². The molecule has 0 aliphatic carbocycles. The average molecular weight is 227 g/mol. The van der Waals surface area contributed by atoms with Gasteiger partial charge in [-0.25, -0.2) is 4.98 Å².